The van der Waals surface area contributed by atoms with Crippen molar-refractivity contribution in [1.29, 1.82) is 5.26 Å². The molecule has 100 valence electrons. The van der Waals surface area contributed by atoms with Crippen LogP contribution in [0, 0.1) is 18.3 Å². The molecule has 0 atom stereocenters. The van der Waals surface area contributed by atoms with E-state index >= 15 is 0 Å². The minimum atomic E-state index is 0.573. The van der Waals surface area contributed by atoms with Crippen LogP contribution >= 0.6 is 0 Å². The number of nitrogens with one attached hydrogen (secondary N) is 1. The van der Waals surface area contributed by atoms with E-state index in [9.17, 15) is 0 Å². The normalized spacial score (nSPS) is 10.7. The minimum absolute atomic E-state index is 0.573. The summed E-state index contributed by atoms with van der Waals surface area (Å²) in [6.07, 6.45) is 0.573. The first kappa shape index (κ1) is 14.5. The van der Waals surface area contributed by atoms with E-state index < -0.39 is 0 Å². The van der Waals surface area contributed by atoms with Gasteiger partial charge in [0.1, 0.15) is 5.82 Å². The van der Waals surface area contributed by atoms with E-state index in [4.69, 9.17) is 5.26 Å². The average molecular weight is 249 g/mol. The lowest BCUT2D eigenvalue weighted by Crippen LogP contribution is -2.24. The number of hydrogen-bond acceptors (Lipinski definition) is 4. The molecular formula is C13H23N5. The molecule has 1 aromatic heterocycles. The molecule has 0 aliphatic carbocycles. The Hall–Kier alpha value is -1.54. The third kappa shape index (κ3) is 3.47. The number of hydrogen-bond donors (Lipinski definition) is 1. The monoisotopic (exact) mass is 249 g/mol. The smallest absolute Gasteiger partial charge is 0.128 e. The zero-order valence-corrected chi connectivity index (χ0v) is 11.8. The van der Waals surface area contributed by atoms with Crippen molar-refractivity contribution in [3.63, 3.8) is 0 Å². The van der Waals surface area contributed by atoms with Crippen LogP contribution in [0.3, 0.4) is 0 Å². The van der Waals surface area contributed by atoms with Gasteiger partial charge < -0.3 is 5.32 Å². The van der Waals surface area contributed by atoms with Crippen molar-refractivity contribution in [3.8, 4) is 6.07 Å². The Morgan fingerprint density at radius 3 is 2.72 bits per heavy atom. The Bertz CT molecular complexity index is 416. The average Bonchev–Trinajstić information content (AvgIpc) is 2.61. The van der Waals surface area contributed by atoms with Crippen molar-refractivity contribution >= 4 is 5.82 Å². The van der Waals surface area contributed by atoms with Gasteiger partial charge in [-0.3, -0.25) is 9.58 Å². The van der Waals surface area contributed by atoms with E-state index in [1.165, 1.54) is 5.56 Å². The number of rotatable bonds is 7. The molecule has 5 nitrogen and oxygen atoms in total. The van der Waals surface area contributed by atoms with Crippen molar-refractivity contribution in [1.82, 2.24) is 14.7 Å². The second kappa shape index (κ2) is 7.02. The van der Waals surface area contributed by atoms with E-state index in [1.807, 2.05) is 18.7 Å². The van der Waals surface area contributed by atoms with Crippen molar-refractivity contribution in [2.45, 2.75) is 33.7 Å². The van der Waals surface area contributed by atoms with Crippen LogP contribution < -0.4 is 5.32 Å². The Labute approximate surface area is 109 Å². The van der Waals surface area contributed by atoms with Gasteiger partial charge in [-0.15, -0.1) is 0 Å². The quantitative estimate of drug-likeness (QED) is 0.802. The van der Waals surface area contributed by atoms with E-state index in [0.717, 1.165) is 37.7 Å². The van der Waals surface area contributed by atoms with E-state index in [2.05, 4.69) is 35.2 Å². The molecule has 0 aliphatic rings. The fourth-order valence-corrected chi connectivity index (χ4v) is 2.06. The van der Waals surface area contributed by atoms with E-state index in [0.29, 0.717) is 6.42 Å². The van der Waals surface area contributed by atoms with Gasteiger partial charge in [-0.25, -0.2) is 0 Å². The Morgan fingerprint density at radius 1 is 1.44 bits per heavy atom. The highest BCUT2D eigenvalue weighted by Gasteiger charge is 2.15. The van der Waals surface area contributed by atoms with Crippen molar-refractivity contribution in [2.24, 2.45) is 7.05 Å². The van der Waals surface area contributed by atoms with Crippen molar-refractivity contribution in [2.75, 3.05) is 25.0 Å². The standard InChI is InChI=1S/C13H23N5/c1-5-15-13-12(11(3)16-17(13)4)10-18(6-2)9-7-8-14/h15H,5-7,9-10H2,1-4H3. The molecule has 1 heterocycles. The molecule has 0 spiro atoms. The number of aromatic nitrogens is 2. The third-order valence-corrected chi connectivity index (χ3v) is 3.06. The maximum atomic E-state index is 8.67. The summed E-state index contributed by atoms with van der Waals surface area (Å²) >= 11 is 0. The molecule has 0 saturated heterocycles. The van der Waals surface area contributed by atoms with E-state index in [1.54, 1.807) is 0 Å². The van der Waals surface area contributed by atoms with Crippen molar-refractivity contribution in [3.05, 3.63) is 11.3 Å². The fraction of sp³-hybridized carbons (Fsp3) is 0.692. The minimum Gasteiger partial charge on any atom is -0.370 e. The van der Waals surface area contributed by atoms with Crippen LogP contribution in [-0.4, -0.2) is 34.3 Å². The molecule has 1 N–H and O–H groups in total. The molecule has 5 heteroatoms. The first-order chi connectivity index (χ1) is 8.63. The summed E-state index contributed by atoms with van der Waals surface area (Å²) < 4.78 is 1.90. The Kier molecular flexibility index (Phi) is 5.66. The van der Waals surface area contributed by atoms with Gasteiger partial charge in [0.05, 0.1) is 11.8 Å². The van der Waals surface area contributed by atoms with Gasteiger partial charge in [0.15, 0.2) is 0 Å². The molecular weight excluding hydrogens is 226 g/mol. The van der Waals surface area contributed by atoms with Crippen LogP contribution in [0.1, 0.15) is 31.5 Å². The molecule has 0 unspecified atom stereocenters. The number of nitrogens with zero attached hydrogens (tertiary/aromatic N) is 4. The van der Waals surface area contributed by atoms with Crippen molar-refractivity contribution < 1.29 is 0 Å². The molecule has 1 rings (SSSR count). The summed E-state index contributed by atoms with van der Waals surface area (Å²) in [7, 11) is 1.96. The highest BCUT2D eigenvalue weighted by Crippen LogP contribution is 2.20. The number of anilines is 1. The Morgan fingerprint density at radius 2 is 2.17 bits per heavy atom. The van der Waals surface area contributed by atoms with Gasteiger partial charge >= 0.3 is 0 Å². The molecule has 0 aliphatic heterocycles. The Balaban J connectivity index is 2.84. The SMILES string of the molecule is CCNc1c(CN(CC)CCC#N)c(C)nn1C. The zero-order valence-electron chi connectivity index (χ0n) is 11.8. The molecule has 0 bridgehead atoms. The van der Waals surface area contributed by atoms with Gasteiger partial charge in [-0.2, -0.15) is 10.4 Å². The molecule has 0 aromatic carbocycles. The van der Waals surface area contributed by atoms with Crippen LogP contribution in [0.2, 0.25) is 0 Å². The summed E-state index contributed by atoms with van der Waals surface area (Å²) in [6.45, 7) is 9.73. The summed E-state index contributed by atoms with van der Waals surface area (Å²) in [6, 6.07) is 2.20. The van der Waals surface area contributed by atoms with Gasteiger partial charge in [0, 0.05) is 38.7 Å². The van der Waals surface area contributed by atoms with Crippen LogP contribution in [-0.2, 0) is 13.6 Å². The summed E-state index contributed by atoms with van der Waals surface area (Å²) in [4.78, 5) is 2.27. The predicted molar refractivity (Wildman–Crippen MR) is 73.3 cm³/mol. The maximum absolute atomic E-state index is 8.67. The second-order valence-corrected chi connectivity index (χ2v) is 4.34. The molecule has 0 saturated carbocycles. The topological polar surface area (TPSA) is 56.9 Å². The lowest BCUT2D eigenvalue weighted by atomic mass is 10.2. The fourth-order valence-electron chi connectivity index (χ4n) is 2.06. The molecule has 1 aromatic rings. The van der Waals surface area contributed by atoms with E-state index in [-0.39, 0.29) is 0 Å². The third-order valence-electron chi connectivity index (χ3n) is 3.06. The highest BCUT2D eigenvalue weighted by molar-refractivity contribution is 5.47. The van der Waals surface area contributed by atoms with Gasteiger partial charge in [0.25, 0.3) is 0 Å². The van der Waals surface area contributed by atoms with Crippen LogP contribution in [0.4, 0.5) is 5.82 Å². The number of aryl methyl sites for hydroxylation is 2. The van der Waals surface area contributed by atoms with Crippen LogP contribution in [0.5, 0.6) is 0 Å². The largest absolute Gasteiger partial charge is 0.370 e. The molecule has 0 radical (unpaired) electrons. The summed E-state index contributed by atoms with van der Waals surface area (Å²) in [5.74, 6) is 1.09. The molecule has 18 heavy (non-hydrogen) atoms. The highest BCUT2D eigenvalue weighted by atomic mass is 15.3. The first-order valence-corrected chi connectivity index (χ1v) is 6.49. The lowest BCUT2D eigenvalue weighted by Gasteiger charge is -2.19. The first-order valence-electron chi connectivity index (χ1n) is 6.49. The second-order valence-electron chi connectivity index (χ2n) is 4.34. The lowest BCUT2D eigenvalue weighted by molar-refractivity contribution is 0.286. The van der Waals surface area contributed by atoms with Gasteiger partial charge in [0.2, 0.25) is 0 Å². The molecule has 0 fully saturated rings. The van der Waals surface area contributed by atoms with Crippen LogP contribution in [0.15, 0.2) is 0 Å². The number of nitriles is 1. The van der Waals surface area contributed by atoms with Gasteiger partial charge in [-0.1, -0.05) is 6.92 Å². The predicted octanol–water partition coefficient (Wildman–Crippen LogP) is 1.90. The van der Waals surface area contributed by atoms with Gasteiger partial charge in [-0.05, 0) is 20.4 Å². The van der Waals surface area contributed by atoms with Crippen LogP contribution in [0.25, 0.3) is 0 Å². The summed E-state index contributed by atoms with van der Waals surface area (Å²) in [5, 5.41) is 16.5. The molecule has 0 amide bonds. The maximum Gasteiger partial charge on any atom is 0.128 e. The zero-order chi connectivity index (χ0) is 13.5. The summed E-state index contributed by atoms with van der Waals surface area (Å²) in [5.41, 5.74) is 2.29.